The third-order valence-electron chi connectivity index (χ3n) is 5.31. The van der Waals surface area contributed by atoms with Gasteiger partial charge in [-0.2, -0.15) is 0 Å². The maximum atomic E-state index is 12.2. The number of hydrogen-bond acceptors (Lipinski definition) is 4. The van der Waals surface area contributed by atoms with Gasteiger partial charge in [-0.3, -0.25) is 9.59 Å². The van der Waals surface area contributed by atoms with Gasteiger partial charge in [0.1, 0.15) is 18.5 Å². The van der Waals surface area contributed by atoms with Crippen molar-refractivity contribution in [1.82, 2.24) is 5.32 Å². The second-order valence-electron chi connectivity index (χ2n) is 7.96. The fourth-order valence-corrected chi connectivity index (χ4v) is 3.40. The van der Waals surface area contributed by atoms with Crippen molar-refractivity contribution in [3.63, 3.8) is 0 Å². The van der Waals surface area contributed by atoms with Gasteiger partial charge in [0.25, 0.3) is 0 Å². The van der Waals surface area contributed by atoms with Gasteiger partial charge in [0, 0.05) is 24.3 Å². The van der Waals surface area contributed by atoms with Crippen LogP contribution in [0.5, 0.6) is 5.75 Å². The van der Waals surface area contributed by atoms with Crippen molar-refractivity contribution in [1.29, 1.82) is 0 Å². The fraction of sp³-hybridized carbons (Fsp3) is 0.440. The van der Waals surface area contributed by atoms with Crippen molar-refractivity contribution in [2.24, 2.45) is 11.8 Å². The zero-order valence-electron chi connectivity index (χ0n) is 17.3. The zero-order chi connectivity index (χ0) is 21.2. The van der Waals surface area contributed by atoms with Crippen molar-refractivity contribution in [2.75, 3.05) is 6.61 Å². The SMILES string of the molecule is O=C(CCCC=CC[C@H]1C(=O)C=C[C@@H]1C=C[C@@H](O)COc1ccccc1)NC1CC1. The van der Waals surface area contributed by atoms with Gasteiger partial charge < -0.3 is 15.2 Å². The highest BCUT2D eigenvalue weighted by atomic mass is 16.5. The Morgan fingerprint density at radius 2 is 2.03 bits per heavy atom. The number of amides is 1. The molecule has 3 rings (SSSR count). The van der Waals surface area contributed by atoms with E-state index in [1.807, 2.05) is 48.6 Å². The van der Waals surface area contributed by atoms with Crippen LogP contribution in [0.2, 0.25) is 0 Å². The molecular formula is C25H31NO4. The van der Waals surface area contributed by atoms with E-state index in [-0.39, 0.29) is 30.1 Å². The highest BCUT2D eigenvalue weighted by Crippen LogP contribution is 2.27. The summed E-state index contributed by atoms with van der Waals surface area (Å²) in [5.41, 5.74) is 0. The zero-order valence-corrected chi connectivity index (χ0v) is 17.3. The summed E-state index contributed by atoms with van der Waals surface area (Å²) >= 11 is 0. The highest BCUT2D eigenvalue weighted by molar-refractivity contribution is 5.95. The lowest BCUT2D eigenvalue weighted by Gasteiger charge is -2.14. The molecule has 1 aromatic carbocycles. The Labute approximate surface area is 178 Å². The number of carbonyl (C=O) groups excluding carboxylic acids is 2. The van der Waals surface area contributed by atoms with E-state index in [1.54, 1.807) is 12.2 Å². The van der Waals surface area contributed by atoms with Crippen LogP contribution in [0.25, 0.3) is 0 Å². The number of rotatable bonds is 12. The molecule has 0 radical (unpaired) electrons. The minimum Gasteiger partial charge on any atom is -0.491 e. The maximum absolute atomic E-state index is 12.2. The standard InChI is InChI=1S/C25H31NO4/c27-21(18-30-22-8-4-3-5-9-22)16-12-19-13-17-24(28)23(19)10-6-1-2-7-11-25(29)26-20-14-15-20/h1,3-6,8-9,12-13,16-17,19-21,23,27H,2,7,10-11,14-15,18H2,(H,26,29)/t19-,21+,23+/m0/s1. The van der Waals surface area contributed by atoms with Crippen molar-refractivity contribution in [2.45, 2.75) is 50.7 Å². The van der Waals surface area contributed by atoms with Gasteiger partial charge in [-0.1, -0.05) is 48.6 Å². The fourth-order valence-electron chi connectivity index (χ4n) is 3.40. The molecule has 0 unspecified atom stereocenters. The molecule has 1 saturated carbocycles. The van der Waals surface area contributed by atoms with Gasteiger partial charge in [-0.25, -0.2) is 0 Å². The Morgan fingerprint density at radius 3 is 2.80 bits per heavy atom. The van der Waals surface area contributed by atoms with Gasteiger partial charge in [0.15, 0.2) is 5.78 Å². The number of unbranched alkanes of at least 4 members (excludes halogenated alkanes) is 1. The van der Waals surface area contributed by atoms with E-state index in [0.717, 1.165) is 25.7 Å². The molecule has 1 amide bonds. The first-order chi connectivity index (χ1) is 14.6. The molecule has 5 heteroatoms. The summed E-state index contributed by atoms with van der Waals surface area (Å²) < 4.78 is 5.55. The number of benzene rings is 1. The molecule has 0 bridgehead atoms. The summed E-state index contributed by atoms with van der Waals surface area (Å²) in [7, 11) is 0. The average molecular weight is 410 g/mol. The molecule has 5 nitrogen and oxygen atoms in total. The molecule has 0 heterocycles. The number of hydrogen-bond donors (Lipinski definition) is 2. The number of ketones is 1. The minimum absolute atomic E-state index is 0.0159. The average Bonchev–Trinajstić information content (AvgIpc) is 3.50. The Morgan fingerprint density at radius 1 is 1.23 bits per heavy atom. The lowest BCUT2D eigenvalue weighted by molar-refractivity contribution is -0.121. The Hall–Kier alpha value is -2.66. The van der Waals surface area contributed by atoms with Crippen LogP contribution in [0.4, 0.5) is 0 Å². The summed E-state index contributed by atoms with van der Waals surface area (Å²) in [5.74, 6) is 0.832. The van der Waals surface area contributed by atoms with Gasteiger partial charge in [0.2, 0.25) is 5.91 Å². The number of allylic oxidation sites excluding steroid dienone is 5. The molecule has 3 atom stereocenters. The molecule has 0 saturated heterocycles. The van der Waals surface area contributed by atoms with E-state index >= 15 is 0 Å². The number of carbonyl (C=O) groups is 2. The molecule has 160 valence electrons. The normalized spacial score (nSPS) is 22.1. The van der Waals surface area contributed by atoms with E-state index in [9.17, 15) is 14.7 Å². The molecule has 0 spiro atoms. The van der Waals surface area contributed by atoms with Crippen LogP contribution in [0.15, 0.2) is 66.8 Å². The quantitative estimate of drug-likeness (QED) is 0.407. The maximum Gasteiger partial charge on any atom is 0.220 e. The largest absolute Gasteiger partial charge is 0.491 e. The van der Waals surface area contributed by atoms with E-state index in [0.29, 0.717) is 24.6 Å². The van der Waals surface area contributed by atoms with Crippen molar-refractivity contribution >= 4 is 11.7 Å². The second kappa shape index (κ2) is 11.5. The van der Waals surface area contributed by atoms with Crippen LogP contribution in [-0.2, 0) is 9.59 Å². The predicted octanol–water partition coefficient (Wildman–Crippen LogP) is 3.75. The topological polar surface area (TPSA) is 75.6 Å². The first-order valence-electron chi connectivity index (χ1n) is 10.8. The Bertz CT molecular complexity index is 780. The molecular weight excluding hydrogens is 378 g/mol. The molecule has 2 aliphatic carbocycles. The van der Waals surface area contributed by atoms with Gasteiger partial charge in [-0.05, 0) is 50.3 Å². The summed E-state index contributed by atoms with van der Waals surface area (Å²) in [6, 6.07) is 9.78. The number of aliphatic hydroxyl groups is 1. The van der Waals surface area contributed by atoms with Crippen LogP contribution in [-0.4, -0.2) is 35.5 Å². The second-order valence-corrected chi connectivity index (χ2v) is 7.96. The molecule has 30 heavy (non-hydrogen) atoms. The number of para-hydroxylation sites is 1. The third-order valence-corrected chi connectivity index (χ3v) is 5.31. The smallest absolute Gasteiger partial charge is 0.220 e. The van der Waals surface area contributed by atoms with Crippen LogP contribution in [0.1, 0.15) is 38.5 Å². The van der Waals surface area contributed by atoms with Crippen molar-refractivity contribution in [3.05, 3.63) is 66.8 Å². The highest BCUT2D eigenvalue weighted by Gasteiger charge is 2.27. The lowest BCUT2D eigenvalue weighted by Crippen LogP contribution is -2.24. The van der Waals surface area contributed by atoms with Gasteiger partial charge >= 0.3 is 0 Å². The third kappa shape index (κ3) is 7.64. The first-order valence-corrected chi connectivity index (χ1v) is 10.8. The molecule has 2 N–H and O–H groups in total. The van der Waals surface area contributed by atoms with Gasteiger partial charge in [-0.15, -0.1) is 0 Å². The molecule has 0 aliphatic heterocycles. The number of ether oxygens (including phenoxy) is 1. The lowest BCUT2D eigenvalue weighted by atomic mass is 9.90. The molecule has 1 aromatic rings. The van der Waals surface area contributed by atoms with Crippen LogP contribution in [0.3, 0.4) is 0 Å². The van der Waals surface area contributed by atoms with Crippen molar-refractivity contribution in [3.8, 4) is 5.75 Å². The Balaban J connectivity index is 1.35. The number of aliphatic hydroxyl groups excluding tert-OH is 1. The van der Waals surface area contributed by atoms with E-state index in [2.05, 4.69) is 11.4 Å². The monoisotopic (exact) mass is 409 g/mol. The van der Waals surface area contributed by atoms with Crippen LogP contribution >= 0.6 is 0 Å². The summed E-state index contributed by atoms with van der Waals surface area (Å²) in [6.45, 7) is 0.170. The molecule has 2 aliphatic rings. The Kier molecular flexibility index (Phi) is 8.45. The van der Waals surface area contributed by atoms with Crippen LogP contribution in [0, 0.1) is 11.8 Å². The van der Waals surface area contributed by atoms with E-state index in [4.69, 9.17) is 4.74 Å². The van der Waals surface area contributed by atoms with E-state index in [1.165, 1.54) is 0 Å². The van der Waals surface area contributed by atoms with Gasteiger partial charge in [0.05, 0.1) is 0 Å². The summed E-state index contributed by atoms with van der Waals surface area (Å²) in [5, 5.41) is 13.1. The molecule has 1 fully saturated rings. The molecule has 0 aromatic heterocycles. The van der Waals surface area contributed by atoms with E-state index < -0.39 is 6.10 Å². The summed E-state index contributed by atoms with van der Waals surface area (Å²) in [6.07, 6.45) is 15.6. The predicted molar refractivity (Wildman–Crippen MR) is 117 cm³/mol. The number of nitrogens with one attached hydrogen (secondary N) is 1. The minimum atomic E-state index is -0.729. The van der Waals surface area contributed by atoms with Crippen LogP contribution < -0.4 is 10.1 Å². The summed E-state index contributed by atoms with van der Waals surface area (Å²) in [4.78, 5) is 23.8. The van der Waals surface area contributed by atoms with Crippen molar-refractivity contribution < 1.29 is 19.4 Å². The first kappa shape index (κ1) is 22.0.